The van der Waals surface area contributed by atoms with E-state index in [4.69, 9.17) is 9.72 Å². The fourth-order valence-electron chi connectivity index (χ4n) is 6.49. The number of nitrogens with one attached hydrogen (secondary N) is 1. The van der Waals surface area contributed by atoms with Gasteiger partial charge in [-0.05, 0) is 39.3 Å². The highest BCUT2D eigenvalue weighted by atomic mass is 19.1. The first-order valence-electron chi connectivity index (χ1n) is 14.5. The van der Waals surface area contributed by atoms with Crippen LogP contribution in [0.25, 0.3) is 0 Å². The number of nitrogens with zero attached hydrogens (tertiary/aromatic N) is 4. The van der Waals surface area contributed by atoms with Gasteiger partial charge < -0.3 is 20.1 Å². The van der Waals surface area contributed by atoms with Gasteiger partial charge >= 0.3 is 0 Å². The lowest BCUT2D eigenvalue weighted by molar-refractivity contribution is -0.121. The van der Waals surface area contributed by atoms with Gasteiger partial charge in [-0.1, -0.05) is 32.0 Å². The average molecular weight is 554 g/mol. The predicted octanol–water partition coefficient (Wildman–Crippen LogP) is 3.01. The molecule has 2 unspecified atom stereocenters. The number of hydrogen-bond donors (Lipinski definition) is 2. The number of anilines is 1. The summed E-state index contributed by atoms with van der Waals surface area (Å²) in [5, 5.41) is 14.7. The zero-order valence-electron chi connectivity index (χ0n) is 24.7. The SMILES string of the molecule is Cc1cccc(C(O)c2cnc3c(c2)N(C(=O)CN2CC(C)NC[C@@H]2CN2[C@H](C)COC[C@H]2C)CC3(C)C)c1F. The number of amides is 1. The molecule has 40 heavy (non-hydrogen) atoms. The molecule has 5 atom stereocenters. The Morgan fingerprint density at radius 2 is 1.98 bits per heavy atom. The van der Waals surface area contributed by atoms with Gasteiger partial charge in [0.25, 0.3) is 0 Å². The number of halogens is 1. The Labute approximate surface area is 237 Å². The van der Waals surface area contributed by atoms with Gasteiger partial charge in [-0.25, -0.2) is 4.39 Å². The van der Waals surface area contributed by atoms with Crippen molar-refractivity contribution in [2.45, 2.75) is 77.2 Å². The lowest BCUT2D eigenvalue weighted by atomic mass is 9.90. The molecule has 2 aromatic rings. The van der Waals surface area contributed by atoms with Crippen LogP contribution in [0.5, 0.6) is 0 Å². The molecule has 4 heterocycles. The predicted molar refractivity (Wildman–Crippen MR) is 154 cm³/mol. The molecule has 2 N–H and O–H groups in total. The van der Waals surface area contributed by atoms with Gasteiger partial charge in [-0.15, -0.1) is 0 Å². The van der Waals surface area contributed by atoms with Crippen molar-refractivity contribution in [3.63, 3.8) is 0 Å². The number of rotatable bonds is 6. The molecule has 0 bridgehead atoms. The molecule has 218 valence electrons. The van der Waals surface area contributed by atoms with Crippen molar-refractivity contribution in [2.24, 2.45) is 0 Å². The van der Waals surface area contributed by atoms with Crippen LogP contribution >= 0.6 is 0 Å². The summed E-state index contributed by atoms with van der Waals surface area (Å²) in [7, 11) is 0. The maximum atomic E-state index is 14.8. The summed E-state index contributed by atoms with van der Waals surface area (Å²) >= 11 is 0. The van der Waals surface area contributed by atoms with Crippen LogP contribution in [0.1, 0.15) is 63.1 Å². The maximum Gasteiger partial charge on any atom is 0.241 e. The van der Waals surface area contributed by atoms with Crippen molar-refractivity contribution in [1.29, 1.82) is 0 Å². The normalized spacial score (nSPS) is 27.9. The van der Waals surface area contributed by atoms with E-state index >= 15 is 0 Å². The van der Waals surface area contributed by atoms with Gasteiger partial charge in [0, 0.05) is 73.1 Å². The van der Waals surface area contributed by atoms with Crippen molar-refractivity contribution in [3.8, 4) is 0 Å². The highest BCUT2D eigenvalue weighted by Gasteiger charge is 2.41. The second-order valence-electron chi connectivity index (χ2n) is 12.7. The number of pyridine rings is 1. The monoisotopic (exact) mass is 553 g/mol. The lowest BCUT2D eigenvalue weighted by Gasteiger charge is -2.46. The van der Waals surface area contributed by atoms with Crippen LogP contribution in [0, 0.1) is 12.7 Å². The van der Waals surface area contributed by atoms with Crippen molar-refractivity contribution in [3.05, 3.63) is 58.7 Å². The number of aliphatic hydroxyl groups is 1. The lowest BCUT2D eigenvalue weighted by Crippen LogP contribution is -2.63. The van der Waals surface area contributed by atoms with E-state index in [0.29, 0.717) is 48.0 Å². The van der Waals surface area contributed by atoms with Gasteiger partial charge in [-0.3, -0.25) is 19.6 Å². The van der Waals surface area contributed by atoms with Gasteiger partial charge in [-0.2, -0.15) is 0 Å². The molecule has 1 aromatic heterocycles. The minimum absolute atomic E-state index is 0.0178. The van der Waals surface area contributed by atoms with Crippen molar-refractivity contribution in [1.82, 2.24) is 20.1 Å². The Morgan fingerprint density at radius 1 is 1.25 bits per heavy atom. The summed E-state index contributed by atoms with van der Waals surface area (Å²) in [5.41, 5.74) is 2.35. The van der Waals surface area contributed by atoms with Crippen LogP contribution in [0.3, 0.4) is 0 Å². The Morgan fingerprint density at radius 3 is 2.70 bits per heavy atom. The highest BCUT2D eigenvalue weighted by Crippen LogP contribution is 2.41. The second-order valence-corrected chi connectivity index (χ2v) is 12.7. The number of aryl methyl sites for hydroxylation is 1. The number of hydrogen-bond acceptors (Lipinski definition) is 7. The molecular formula is C31H44FN5O3. The molecule has 1 aromatic carbocycles. The summed E-state index contributed by atoms with van der Waals surface area (Å²) in [5.74, 6) is -0.407. The van der Waals surface area contributed by atoms with E-state index in [2.05, 4.69) is 49.7 Å². The summed E-state index contributed by atoms with van der Waals surface area (Å²) in [6, 6.07) is 7.99. The number of morpholine rings is 1. The molecule has 0 saturated carbocycles. The first kappa shape index (κ1) is 29.1. The van der Waals surface area contributed by atoms with Crippen LogP contribution in [0.2, 0.25) is 0 Å². The summed E-state index contributed by atoms with van der Waals surface area (Å²) < 4.78 is 20.6. The minimum Gasteiger partial charge on any atom is -0.383 e. The average Bonchev–Trinajstić information content (AvgIpc) is 3.19. The molecule has 1 amide bonds. The summed E-state index contributed by atoms with van der Waals surface area (Å²) in [6.07, 6.45) is 0.439. The number of benzene rings is 1. The molecule has 5 rings (SSSR count). The Kier molecular flexibility index (Phi) is 8.32. The molecule has 2 fully saturated rings. The van der Waals surface area contributed by atoms with Gasteiger partial charge in [0.1, 0.15) is 11.9 Å². The number of carbonyl (C=O) groups is 1. The standard InChI is InChI=1S/C31H44FN5O3/c1-19-8-7-9-25(28(19)32)29(39)23-10-26-30(34-11-23)31(5,6)18-37(26)27(38)15-35-13-20(2)33-12-24(35)14-36-21(3)16-40-17-22(36)4/h7-11,20-22,24,29,33,39H,12-18H2,1-6H3/t20?,21-,22-,24-,29?/m1/s1. The Bertz CT molecular complexity index is 1230. The highest BCUT2D eigenvalue weighted by molar-refractivity contribution is 5.97. The van der Waals surface area contributed by atoms with Crippen molar-refractivity contribution in [2.75, 3.05) is 50.8 Å². The zero-order chi connectivity index (χ0) is 28.8. The summed E-state index contributed by atoms with van der Waals surface area (Å²) in [6.45, 7) is 17.2. The Balaban J connectivity index is 1.38. The van der Waals surface area contributed by atoms with E-state index in [1.165, 1.54) is 0 Å². The van der Waals surface area contributed by atoms with Gasteiger partial charge in [0.2, 0.25) is 5.91 Å². The first-order valence-corrected chi connectivity index (χ1v) is 14.5. The maximum absolute atomic E-state index is 14.8. The number of aliphatic hydroxyl groups excluding tert-OH is 1. The first-order chi connectivity index (χ1) is 19.0. The number of ether oxygens (including phenoxy) is 1. The third kappa shape index (κ3) is 5.67. The van der Waals surface area contributed by atoms with E-state index in [1.807, 2.05) is 11.0 Å². The minimum atomic E-state index is -1.17. The van der Waals surface area contributed by atoms with E-state index < -0.39 is 11.9 Å². The van der Waals surface area contributed by atoms with Crippen LogP contribution in [0.15, 0.2) is 30.5 Å². The number of piperazine rings is 1. The molecular weight excluding hydrogens is 509 g/mol. The van der Waals surface area contributed by atoms with E-state index in [0.717, 1.165) is 38.5 Å². The van der Waals surface area contributed by atoms with Crippen LogP contribution in [-0.4, -0.2) is 95.9 Å². The van der Waals surface area contributed by atoms with Crippen molar-refractivity contribution < 1.29 is 19.0 Å². The fourth-order valence-corrected chi connectivity index (χ4v) is 6.49. The van der Waals surface area contributed by atoms with Gasteiger partial charge in [0.15, 0.2) is 0 Å². The second kappa shape index (κ2) is 11.4. The van der Waals surface area contributed by atoms with Crippen LogP contribution in [0.4, 0.5) is 10.1 Å². The molecule has 0 aliphatic carbocycles. The third-order valence-corrected chi connectivity index (χ3v) is 8.84. The molecule has 8 nitrogen and oxygen atoms in total. The molecule has 2 saturated heterocycles. The van der Waals surface area contributed by atoms with Crippen LogP contribution in [-0.2, 0) is 14.9 Å². The fraction of sp³-hybridized carbons (Fsp3) is 0.613. The number of carbonyl (C=O) groups excluding carboxylic acids is 1. The molecule has 0 spiro atoms. The molecule has 0 radical (unpaired) electrons. The molecule has 3 aliphatic heterocycles. The van der Waals surface area contributed by atoms with E-state index in [-0.39, 0.29) is 22.9 Å². The quantitative estimate of drug-likeness (QED) is 0.569. The third-order valence-electron chi connectivity index (χ3n) is 8.84. The number of aromatic nitrogens is 1. The Hall–Kier alpha value is -2.43. The molecule has 9 heteroatoms. The largest absolute Gasteiger partial charge is 0.383 e. The topological polar surface area (TPSA) is 81.2 Å². The zero-order valence-corrected chi connectivity index (χ0v) is 24.7. The smallest absolute Gasteiger partial charge is 0.241 e. The van der Waals surface area contributed by atoms with Gasteiger partial charge in [0.05, 0.1) is 31.1 Å². The van der Waals surface area contributed by atoms with E-state index in [1.54, 1.807) is 31.3 Å². The number of fused-ring (bicyclic) bond motifs is 1. The molecule has 3 aliphatic rings. The van der Waals surface area contributed by atoms with E-state index in [9.17, 15) is 14.3 Å². The van der Waals surface area contributed by atoms with Crippen molar-refractivity contribution >= 4 is 11.6 Å². The summed E-state index contributed by atoms with van der Waals surface area (Å²) in [4.78, 5) is 25.3. The van der Waals surface area contributed by atoms with Crippen LogP contribution < -0.4 is 10.2 Å².